The zero-order valence-corrected chi connectivity index (χ0v) is 14.6. The Morgan fingerprint density at radius 2 is 2.24 bits per heavy atom. The minimum absolute atomic E-state index is 0.234. The number of carbonyl (C=O) groups is 1. The van der Waals surface area contributed by atoms with E-state index in [1.807, 2.05) is 11.9 Å². The first-order valence-electron chi connectivity index (χ1n) is 8.84. The van der Waals surface area contributed by atoms with Crippen molar-refractivity contribution >= 4 is 11.7 Å². The van der Waals surface area contributed by atoms with E-state index < -0.39 is 0 Å². The van der Waals surface area contributed by atoms with Gasteiger partial charge in [-0.3, -0.25) is 14.5 Å². The van der Waals surface area contributed by atoms with Crippen LogP contribution in [0.3, 0.4) is 0 Å². The number of anilines is 1. The van der Waals surface area contributed by atoms with Crippen LogP contribution in [0.4, 0.5) is 5.82 Å². The van der Waals surface area contributed by atoms with Crippen molar-refractivity contribution in [2.45, 2.75) is 38.6 Å². The Bertz CT molecular complexity index is 673. The number of carbonyl (C=O) groups excluding carboxylic acids is 1. The smallest absolute Gasteiger partial charge is 0.222 e. The molecule has 2 aromatic heterocycles. The van der Waals surface area contributed by atoms with Gasteiger partial charge in [-0.2, -0.15) is 5.10 Å². The maximum Gasteiger partial charge on any atom is 0.222 e. The van der Waals surface area contributed by atoms with Gasteiger partial charge in [-0.05, 0) is 31.6 Å². The van der Waals surface area contributed by atoms with E-state index in [2.05, 4.69) is 25.4 Å². The van der Waals surface area contributed by atoms with E-state index in [1.165, 1.54) is 6.33 Å². The summed E-state index contributed by atoms with van der Waals surface area (Å²) >= 11 is 0. The third kappa shape index (κ3) is 4.74. The summed E-state index contributed by atoms with van der Waals surface area (Å²) in [5.74, 6) is 1.51. The summed E-state index contributed by atoms with van der Waals surface area (Å²) in [5.41, 5.74) is 0.982. The lowest BCUT2D eigenvalue weighted by Crippen LogP contribution is -2.40. The van der Waals surface area contributed by atoms with Crippen molar-refractivity contribution in [1.82, 2.24) is 29.6 Å². The van der Waals surface area contributed by atoms with E-state index in [1.54, 1.807) is 23.4 Å². The minimum Gasteiger partial charge on any atom is -0.372 e. The molecule has 1 N–H and O–H groups in total. The molecule has 0 aliphatic carbocycles. The van der Waals surface area contributed by atoms with Crippen molar-refractivity contribution in [2.24, 2.45) is 5.92 Å². The molecule has 1 amide bonds. The predicted molar refractivity (Wildman–Crippen MR) is 93.8 cm³/mol. The first kappa shape index (κ1) is 17.3. The number of aromatic nitrogens is 5. The molecule has 8 nitrogen and oxygen atoms in total. The number of piperidine rings is 1. The van der Waals surface area contributed by atoms with Crippen LogP contribution in [0.25, 0.3) is 0 Å². The average molecular weight is 343 g/mol. The second kappa shape index (κ2) is 8.55. The van der Waals surface area contributed by atoms with Crippen molar-refractivity contribution in [3.8, 4) is 0 Å². The van der Waals surface area contributed by atoms with Crippen molar-refractivity contribution in [2.75, 3.05) is 25.5 Å². The van der Waals surface area contributed by atoms with Crippen LogP contribution in [-0.4, -0.2) is 55.7 Å². The minimum atomic E-state index is 0.234. The third-order valence-corrected chi connectivity index (χ3v) is 4.61. The third-order valence-electron chi connectivity index (χ3n) is 4.61. The van der Waals surface area contributed by atoms with Gasteiger partial charge in [0.1, 0.15) is 18.5 Å². The number of amides is 1. The molecule has 0 aromatic carbocycles. The van der Waals surface area contributed by atoms with Crippen LogP contribution >= 0.6 is 0 Å². The molecule has 0 bridgehead atoms. The molecule has 1 aliphatic rings. The Labute approximate surface area is 147 Å². The Hall–Kier alpha value is -2.51. The number of hydrogen-bond donors (Lipinski definition) is 1. The predicted octanol–water partition coefficient (Wildman–Crippen LogP) is 1.37. The largest absolute Gasteiger partial charge is 0.372 e. The van der Waals surface area contributed by atoms with Crippen LogP contribution in [0.1, 0.15) is 31.4 Å². The molecule has 8 heteroatoms. The summed E-state index contributed by atoms with van der Waals surface area (Å²) in [5, 5.41) is 7.16. The number of aryl methyl sites for hydroxylation is 1. The highest BCUT2D eigenvalue weighted by atomic mass is 16.2. The van der Waals surface area contributed by atoms with Crippen LogP contribution in [0.5, 0.6) is 0 Å². The number of rotatable bonds is 7. The van der Waals surface area contributed by atoms with Crippen molar-refractivity contribution < 1.29 is 4.79 Å². The molecule has 3 heterocycles. The summed E-state index contributed by atoms with van der Waals surface area (Å²) in [4.78, 5) is 27.2. The molecule has 0 radical (unpaired) electrons. The summed E-state index contributed by atoms with van der Waals surface area (Å²) in [6, 6.07) is 0. The normalized spacial score (nSPS) is 17.5. The molecular formula is C17H25N7O. The summed E-state index contributed by atoms with van der Waals surface area (Å²) in [6.45, 7) is 2.40. The molecule has 0 saturated carbocycles. The van der Waals surface area contributed by atoms with Gasteiger partial charge in [0.05, 0.1) is 5.69 Å². The van der Waals surface area contributed by atoms with Gasteiger partial charge in [-0.1, -0.05) is 0 Å². The molecule has 1 fully saturated rings. The lowest BCUT2D eigenvalue weighted by Gasteiger charge is -2.33. The summed E-state index contributed by atoms with van der Waals surface area (Å²) in [7, 11) is 1.86. The maximum atomic E-state index is 12.5. The molecular weight excluding hydrogens is 318 g/mol. The lowest BCUT2D eigenvalue weighted by atomic mass is 9.93. The summed E-state index contributed by atoms with van der Waals surface area (Å²) in [6.07, 6.45) is 11.0. The van der Waals surface area contributed by atoms with Crippen LogP contribution < -0.4 is 5.32 Å². The lowest BCUT2D eigenvalue weighted by molar-refractivity contribution is -0.133. The second-order valence-corrected chi connectivity index (χ2v) is 6.42. The van der Waals surface area contributed by atoms with Crippen molar-refractivity contribution in [3.63, 3.8) is 0 Å². The number of nitrogens with one attached hydrogen (secondary N) is 1. The fourth-order valence-corrected chi connectivity index (χ4v) is 3.36. The van der Waals surface area contributed by atoms with E-state index in [9.17, 15) is 4.79 Å². The SMILES string of the molecule is CNc1nccnc1C[C@H]1CCCN(C(=O)CCCn2cncn2)C1. The molecule has 0 unspecified atom stereocenters. The zero-order chi connectivity index (χ0) is 17.5. The first-order chi connectivity index (χ1) is 12.3. The van der Waals surface area contributed by atoms with Crippen molar-refractivity contribution in [3.05, 3.63) is 30.7 Å². The first-order valence-corrected chi connectivity index (χ1v) is 8.84. The van der Waals surface area contributed by atoms with E-state index in [0.717, 1.165) is 56.8 Å². The Morgan fingerprint density at radius 3 is 3.04 bits per heavy atom. The van der Waals surface area contributed by atoms with Gasteiger partial charge in [-0.25, -0.2) is 9.97 Å². The molecule has 134 valence electrons. The van der Waals surface area contributed by atoms with Crippen LogP contribution in [0.15, 0.2) is 25.0 Å². The van der Waals surface area contributed by atoms with Gasteiger partial charge >= 0.3 is 0 Å². The molecule has 2 aromatic rings. The average Bonchev–Trinajstić information content (AvgIpc) is 3.16. The summed E-state index contributed by atoms with van der Waals surface area (Å²) < 4.78 is 1.76. The molecule has 1 aliphatic heterocycles. The quantitative estimate of drug-likeness (QED) is 0.817. The Kier molecular flexibility index (Phi) is 5.92. The standard InChI is InChI=1S/C17H25N7O/c1-18-17-15(20-6-7-21-17)10-14-4-2-8-23(11-14)16(25)5-3-9-24-13-19-12-22-24/h6-7,12-14H,2-5,8-11H2,1H3,(H,18,21)/t14-/m1/s1. The molecule has 3 rings (SSSR count). The fourth-order valence-electron chi connectivity index (χ4n) is 3.36. The van der Waals surface area contributed by atoms with E-state index in [-0.39, 0.29) is 5.91 Å². The van der Waals surface area contributed by atoms with E-state index in [4.69, 9.17) is 0 Å². The number of likely N-dealkylation sites (tertiary alicyclic amines) is 1. The second-order valence-electron chi connectivity index (χ2n) is 6.42. The highest BCUT2D eigenvalue weighted by Gasteiger charge is 2.24. The number of nitrogens with zero attached hydrogens (tertiary/aromatic N) is 6. The highest BCUT2D eigenvalue weighted by Crippen LogP contribution is 2.23. The van der Waals surface area contributed by atoms with E-state index in [0.29, 0.717) is 12.3 Å². The van der Waals surface area contributed by atoms with Gasteiger partial charge in [0, 0.05) is 45.5 Å². The fraction of sp³-hybridized carbons (Fsp3) is 0.588. The zero-order valence-electron chi connectivity index (χ0n) is 14.6. The molecule has 1 saturated heterocycles. The van der Waals surface area contributed by atoms with Crippen LogP contribution in [-0.2, 0) is 17.8 Å². The monoisotopic (exact) mass is 343 g/mol. The maximum absolute atomic E-state index is 12.5. The van der Waals surface area contributed by atoms with Crippen LogP contribution in [0.2, 0.25) is 0 Å². The molecule has 25 heavy (non-hydrogen) atoms. The van der Waals surface area contributed by atoms with Gasteiger partial charge in [0.25, 0.3) is 0 Å². The number of hydrogen-bond acceptors (Lipinski definition) is 6. The Morgan fingerprint density at radius 1 is 1.36 bits per heavy atom. The van der Waals surface area contributed by atoms with Crippen LogP contribution in [0, 0.1) is 5.92 Å². The molecule has 1 atom stereocenters. The molecule has 0 spiro atoms. The highest BCUT2D eigenvalue weighted by molar-refractivity contribution is 5.76. The van der Waals surface area contributed by atoms with Gasteiger partial charge in [0.2, 0.25) is 5.91 Å². The van der Waals surface area contributed by atoms with Crippen molar-refractivity contribution in [1.29, 1.82) is 0 Å². The van der Waals surface area contributed by atoms with Gasteiger partial charge < -0.3 is 10.2 Å². The van der Waals surface area contributed by atoms with Gasteiger partial charge in [-0.15, -0.1) is 0 Å². The van der Waals surface area contributed by atoms with Gasteiger partial charge in [0.15, 0.2) is 0 Å². The topological polar surface area (TPSA) is 88.8 Å². The van der Waals surface area contributed by atoms with E-state index >= 15 is 0 Å². The Balaban J connectivity index is 1.49.